The first-order valence-electron chi connectivity index (χ1n) is 5.84. The molecule has 0 aliphatic rings. The van der Waals surface area contributed by atoms with Crippen LogP contribution in [0.5, 0.6) is 0 Å². The largest absolute Gasteiger partial charge is 0.465 e. The first-order valence-corrected chi connectivity index (χ1v) is 5.84. The predicted octanol–water partition coefficient (Wildman–Crippen LogP) is 0.954. The maximum Gasteiger partial charge on any atom is 0.325 e. The van der Waals surface area contributed by atoms with Gasteiger partial charge in [-0.05, 0) is 25.5 Å². The van der Waals surface area contributed by atoms with E-state index >= 15 is 0 Å². The van der Waals surface area contributed by atoms with Gasteiger partial charge in [0.05, 0.1) is 18.7 Å². The number of rotatable bonds is 5. The summed E-state index contributed by atoms with van der Waals surface area (Å²) in [6.07, 6.45) is 1.85. The summed E-state index contributed by atoms with van der Waals surface area (Å²) in [6, 6.07) is 3.73. The number of amides is 1. The molecule has 18 heavy (non-hydrogen) atoms. The Morgan fingerprint density at radius 2 is 2.17 bits per heavy atom. The molecule has 0 N–H and O–H groups in total. The van der Waals surface area contributed by atoms with Gasteiger partial charge in [0, 0.05) is 13.2 Å². The van der Waals surface area contributed by atoms with E-state index in [2.05, 4.69) is 4.98 Å². The van der Waals surface area contributed by atoms with Gasteiger partial charge in [0.1, 0.15) is 6.54 Å². The van der Waals surface area contributed by atoms with Crippen LogP contribution in [-0.2, 0) is 20.7 Å². The lowest BCUT2D eigenvalue weighted by Gasteiger charge is -2.16. The summed E-state index contributed by atoms with van der Waals surface area (Å²) in [7, 11) is 1.58. The quantitative estimate of drug-likeness (QED) is 0.730. The zero-order valence-electron chi connectivity index (χ0n) is 11.0. The second-order valence-electron chi connectivity index (χ2n) is 4.00. The second-order valence-corrected chi connectivity index (χ2v) is 4.00. The van der Waals surface area contributed by atoms with Crippen molar-refractivity contribution in [1.29, 1.82) is 0 Å². The molecule has 0 unspecified atom stereocenters. The van der Waals surface area contributed by atoms with Crippen molar-refractivity contribution in [2.24, 2.45) is 0 Å². The van der Waals surface area contributed by atoms with Crippen molar-refractivity contribution < 1.29 is 14.3 Å². The van der Waals surface area contributed by atoms with Gasteiger partial charge < -0.3 is 9.64 Å². The summed E-state index contributed by atoms with van der Waals surface area (Å²) >= 11 is 0. The van der Waals surface area contributed by atoms with E-state index in [1.165, 1.54) is 4.90 Å². The summed E-state index contributed by atoms with van der Waals surface area (Å²) in [5.41, 5.74) is 1.70. The van der Waals surface area contributed by atoms with E-state index in [-0.39, 0.29) is 18.9 Å². The van der Waals surface area contributed by atoms with Gasteiger partial charge in [0.2, 0.25) is 5.91 Å². The standard InChI is InChI=1S/C13H18N2O3/c1-4-18-13(17)9-15(3)12(16)8-11-10(2)6-5-7-14-11/h5-7H,4,8-9H2,1-3H3. The molecular weight excluding hydrogens is 232 g/mol. The molecule has 0 saturated carbocycles. The second kappa shape index (κ2) is 6.74. The average molecular weight is 250 g/mol. The fourth-order valence-corrected chi connectivity index (χ4v) is 1.47. The molecule has 98 valence electrons. The topological polar surface area (TPSA) is 59.5 Å². The van der Waals surface area contributed by atoms with E-state index in [0.717, 1.165) is 11.3 Å². The molecule has 1 amide bonds. The van der Waals surface area contributed by atoms with E-state index in [0.29, 0.717) is 6.61 Å². The summed E-state index contributed by atoms with van der Waals surface area (Å²) in [5.74, 6) is -0.545. The fraction of sp³-hybridized carbons (Fsp3) is 0.462. The molecule has 5 nitrogen and oxygen atoms in total. The number of likely N-dealkylation sites (N-methyl/N-ethyl adjacent to an activating group) is 1. The average Bonchev–Trinajstić information content (AvgIpc) is 2.32. The van der Waals surface area contributed by atoms with Crippen LogP contribution >= 0.6 is 0 Å². The molecule has 0 saturated heterocycles. The third kappa shape index (κ3) is 4.16. The minimum atomic E-state index is -0.397. The molecule has 1 heterocycles. The summed E-state index contributed by atoms with van der Waals surface area (Å²) in [6.45, 7) is 3.93. The lowest BCUT2D eigenvalue weighted by atomic mass is 10.1. The lowest BCUT2D eigenvalue weighted by molar-refractivity contribution is -0.147. The number of aromatic nitrogens is 1. The molecule has 1 aromatic rings. The molecular formula is C13H18N2O3. The molecule has 0 fully saturated rings. The highest BCUT2D eigenvalue weighted by molar-refractivity contribution is 5.83. The van der Waals surface area contributed by atoms with Crippen LogP contribution in [0.3, 0.4) is 0 Å². The monoisotopic (exact) mass is 250 g/mol. The number of ether oxygens (including phenoxy) is 1. The van der Waals surface area contributed by atoms with E-state index in [9.17, 15) is 9.59 Å². The fourth-order valence-electron chi connectivity index (χ4n) is 1.47. The number of nitrogens with zero attached hydrogens (tertiary/aromatic N) is 2. The molecule has 1 aromatic heterocycles. The highest BCUT2D eigenvalue weighted by Gasteiger charge is 2.15. The zero-order valence-corrected chi connectivity index (χ0v) is 11.0. The molecule has 1 rings (SSSR count). The Kier molecular flexibility index (Phi) is 5.30. The molecule has 0 aliphatic carbocycles. The highest BCUT2D eigenvalue weighted by Crippen LogP contribution is 2.05. The van der Waals surface area contributed by atoms with Crippen molar-refractivity contribution in [1.82, 2.24) is 9.88 Å². The first kappa shape index (κ1) is 14.2. The van der Waals surface area contributed by atoms with Crippen LogP contribution in [0.15, 0.2) is 18.3 Å². The number of carbonyl (C=O) groups is 2. The Morgan fingerprint density at radius 3 is 2.78 bits per heavy atom. The van der Waals surface area contributed by atoms with Crippen LogP contribution < -0.4 is 0 Å². The number of esters is 1. The van der Waals surface area contributed by atoms with Gasteiger partial charge in [-0.25, -0.2) is 0 Å². The molecule has 0 spiro atoms. The molecule has 0 bridgehead atoms. The smallest absolute Gasteiger partial charge is 0.325 e. The molecule has 0 radical (unpaired) electrons. The maximum atomic E-state index is 11.9. The minimum absolute atomic E-state index is 0.0292. The number of pyridine rings is 1. The third-order valence-electron chi connectivity index (χ3n) is 2.53. The Bertz CT molecular complexity index is 432. The van der Waals surface area contributed by atoms with Crippen LogP contribution in [0, 0.1) is 6.92 Å². The number of carbonyl (C=O) groups excluding carboxylic acids is 2. The molecule has 5 heteroatoms. The Morgan fingerprint density at radius 1 is 1.44 bits per heavy atom. The van der Waals surface area contributed by atoms with E-state index in [4.69, 9.17) is 4.74 Å². The number of aryl methyl sites for hydroxylation is 1. The normalized spacial score (nSPS) is 9.94. The van der Waals surface area contributed by atoms with Gasteiger partial charge in [-0.2, -0.15) is 0 Å². The van der Waals surface area contributed by atoms with Crippen molar-refractivity contribution in [2.45, 2.75) is 20.3 Å². The lowest BCUT2D eigenvalue weighted by Crippen LogP contribution is -2.34. The van der Waals surface area contributed by atoms with E-state index in [1.807, 2.05) is 19.1 Å². The van der Waals surface area contributed by atoms with Crippen LogP contribution in [0.1, 0.15) is 18.2 Å². The van der Waals surface area contributed by atoms with Crippen molar-refractivity contribution in [3.05, 3.63) is 29.6 Å². The van der Waals surface area contributed by atoms with Crippen LogP contribution in [0.2, 0.25) is 0 Å². The van der Waals surface area contributed by atoms with Crippen molar-refractivity contribution in [3.8, 4) is 0 Å². The van der Waals surface area contributed by atoms with Crippen molar-refractivity contribution in [2.75, 3.05) is 20.2 Å². The van der Waals surface area contributed by atoms with Crippen LogP contribution in [-0.4, -0.2) is 42.0 Å². The third-order valence-corrected chi connectivity index (χ3v) is 2.53. The maximum absolute atomic E-state index is 11.9. The Labute approximate surface area is 107 Å². The molecule has 0 aromatic carbocycles. The van der Waals surface area contributed by atoms with Crippen LogP contribution in [0.25, 0.3) is 0 Å². The van der Waals surface area contributed by atoms with Crippen LogP contribution in [0.4, 0.5) is 0 Å². The SMILES string of the molecule is CCOC(=O)CN(C)C(=O)Cc1ncccc1C. The van der Waals surface area contributed by atoms with Gasteiger partial charge in [0.25, 0.3) is 0 Å². The van der Waals surface area contributed by atoms with E-state index < -0.39 is 5.97 Å². The Balaban J connectivity index is 2.55. The zero-order chi connectivity index (χ0) is 13.5. The predicted molar refractivity (Wildman–Crippen MR) is 66.9 cm³/mol. The van der Waals surface area contributed by atoms with Crippen molar-refractivity contribution in [3.63, 3.8) is 0 Å². The minimum Gasteiger partial charge on any atom is -0.465 e. The summed E-state index contributed by atoms with van der Waals surface area (Å²) < 4.78 is 4.79. The van der Waals surface area contributed by atoms with Gasteiger partial charge in [-0.1, -0.05) is 6.07 Å². The summed E-state index contributed by atoms with van der Waals surface area (Å²) in [5, 5.41) is 0. The van der Waals surface area contributed by atoms with Crippen molar-refractivity contribution >= 4 is 11.9 Å². The number of hydrogen-bond acceptors (Lipinski definition) is 4. The van der Waals surface area contributed by atoms with E-state index in [1.54, 1.807) is 20.2 Å². The van der Waals surface area contributed by atoms with Gasteiger partial charge in [-0.15, -0.1) is 0 Å². The molecule has 0 atom stereocenters. The number of hydrogen-bond donors (Lipinski definition) is 0. The Hall–Kier alpha value is -1.91. The van der Waals surface area contributed by atoms with Gasteiger partial charge in [-0.3, -0.25) is 14.6 Å². The first-order chi connectivity index (χ1) is 8.54. The van der Waals surface area contributed by atoms with Gasteiger partial charge in [0.15, 0.2) is 0 Å². The highest BCUT2D eigenvalue weighted by atomic mass is 16.5. The molecule has 0 aliphatic heterocycles. The summed E-state index contributed by atoms with van der Waals surface area (Å²) in [4.78, 5) is 28.6. The van der Waals surface area contributed by atoms with Gasteiger partial charge >= 0.3 is 5.97 Å².